The lowest BCUT2D eigenvalue weighted by Crippen LogP contribution is -2.84. The number of hydrogen-bond acceptors (Lipinski definition) is 0. The van der Waals surface area contributed by atoms with E-state index in [2.05, 4.69) is 91.7 Å². The van der Waals surface area contributed by atoms with Crippen LogP contribution in [0.4, 0.5) is 0 Å². The second-order valence-electron chi connectivity index (χ2n) is 11.4. The second-order valence-corrected chi connectivity index (χ2v) is 97.1. The fraction of sp³-hybridized carbons (Fsp3) is 1.00. The zero-order valence-corrected chi connectivity index (χ0v) is 24.5. The first-order valence-electron chi connectivity index (χ1n) is 8.75. The largest absolute Gasteiger partial charge is 0.0735 e. The molecule has 1 heterocycles. The summed E-state index contributed by atoms with van der Waals surface area (Å²) < 4.78 is 0. The van der Waals surface area contributed by atoms with Gasteiger partial charge in [0.1, 0.15) is 0 Å². The van der Waals surface area contributed by atoms with Gasteiger partial charge in [0.15, 0.2) is 0 Å². The van der Waals surface area contributed by atoms with E-state index in [1.54, 1.807) is 0 Å². The molecule has 0 radical (unpaired) electrons. The SMILES string of the molecule is C[Si]1(C)[Si](C)(C)[Si](C)(C)[Si](C)(C)[Si](C)(C)[Si](C)(C)[Si]1(C)C. The van der Waals surface area contributed by atoms with Crippen LogP contribution in [-0.2, 0) is 0 Å². The molecule has 0 saturated carbocycles. The topological polar surface area (TPSA) is 0 Å². The van der Waals surface area contributed by atoms with Gasteiger partial charge >= 0.3 is 0 Å². The van der Waals surface area contributed by atoms with E-state index < -0.39 is 49.8 Å². The van der Waals surface area contributed by atoms with Crippen LogP contribution in [0.25, 0.3) is 0 Å². The molecule has 1 saturated heterocycles. The van der Waals surface area contributed by atoms with Gasteiger partial charge in [-0.05, 0) is 0 Å². The minimum Gasteiger partial charge on any atom is -0.0735 e. The van der Waals surface area contributed by atoms with Gasteiger partial charge in [0.2, 0.25) is 0 Å². The molecule has 0 spiro atoms. The first kappa shape index (κ1) is 20.6. The van der Waals surface area contributed by atoms with Gasteiger partial charge in [-0.3, -0.25) is 0 Å². The summed E-state index contributed by atoms with van der Waals surface area (Å²) in [6.07, 6.45) is 0. The maximum Gasteiger partial charge on any atom is 0.0307 e. The van der Waals surface area contributed by atoms with Crippen molar-refractivity contribution in [3.05, 3.63) is 0 Å². The Hall–Kier alpha value is 1.52. The summed E-state index contributed by atoms with van der Waals surface area (Å²) in [6.45, 7) is 40.4. The van der Waals surface area contributed by atoms with Crippen LogP contribution < -0.4 is 0 Å². The summed E-state index contributed by atoms with van der Waals surface area (Å²) in [5, 5.41) is 0. The van der Waals surface area contributed by atoms with Gasteiger partial charge in [-0.25, -0.2) is 0 Å². The molecular weight excluding hydrogens is 365 g/mol. The molecule has 0 unspecified atom stereocenters. The molecule has 1 fully saturated rings. The Balaban J connectivity index is 3.97. The molecule has 0 aromatic heterocycles. The average molecular weight is 407 g/mol. The van der Waals surface area contributed by atoms with Gasteiger partial charge in [0.25, 0.3) is 0 Å². The molecule has 1 aliphatic rings. The Labute approximate surface area is 141 Å². The van der Waals surface area contributed by atoms with Crippen molar-refractivity contribution in [1.82, 2.24) is 0 Å². The molecule has 0 atom stereocenters. The van der Waals surface area contributed by atoms with Crippen LogP contribution >= 0.6 is 0 Å². The smallest absolute Gasteiger partial charge is 0.0307 e. The number of rotatable bonds is 0. The quantitative estimate of drug-likeness (QED) is 0.465. The third-order valence-electron chi connectivity index (χ3n) is 10.9. The summed E-state index contributed by atoms with van der Waals surface area (Å²) in [6, 6.07) is 0. The van der Waals surface area contributed by atoms with Gasteiger partial charge in [-0.1, -0.05) is 91.7 Å². The van der Waals surface area contributed by atoms with E-state index in [1.807, 2.05) is 0 Å². The molecule has 0 aromatic rings. The number of hydrogen-bond donors (Lipinski definition) is 0. The van der Waals surface area contributed by atoms with Crippen molar-refractivity contribution in [2.75, 3.05) is 0 Å². The third kappa shape index (κ3) is 1.97. The second kappa shape index (κ2) is 4.78. The lowest BCUT2D eigenvalue weighted by molar-refractivity contribution is 1.78. The van der Waals surface area contributed by atoms with Gasteiger partial charge in [0, 0.05) is 49.8 Å². The normalized spacial score (nSPS) is 34.0. The zero-order valence-electron chi connectivity index (χ0n) is 17.5. The van der Waals surface area contributed by atoms with Gasteiger partial charge < -0.3 is 0 Å². The molecule has 21 heavy (non-hydrogen) atoms. The molecule has 1 rings (SSSR count). The average Bonchev–Trinajstić information content (AvgIpc) is 2.26. The first-order valence-corrected chi connectivity index (χ1v) is 36.8. The molecule has 0 nitrogen and oxygen atoms in total. The van der Waals surface area contributed by atoms with E-state index in [0.29, 0.717) is 0 Å². The van der Waals surface area contributed by atoms with E-state index in [4.69, 9.17) is 0 Å². The van der Waals surface area contributed by atoms with E-state index in [1.165, 1.54) is 0 Å². The zero-order chi connectivity index (χ0) is 17.5. The Kier molecular flexibility index (Phi) is 4.68. The fourth-order valence-electron chi connectivity index (χ4n) is 5.47. The van der Waals surface area contributed by atoms with E-state index in [9.17, 15) is 0 Å². The highest BCUT2D eigenvalue weighted by atomic mass is 30.2. The third-order valence-corrected chi connectivity index (χ3v) is 193. The van der Waals surface area contributed by atoms with Crippen LogP contribution in [0.5, 0.6) is 0 Å². The summed E-state index contributed by atoms with van der Waals surface area (Å²) in [4.78, 5) is 0. The Morgan fingerprint density at radius 2 is 0.238 bits per heavy atom. The van der Waals surface area contributed by atoms with Crippen molar-refractivity contribution in [1.29, 1.82) is 0 Å². The van der Waals surface area contributed by atoms with Crippen molar-refractivity contribution < 1.29 is 0 Å². The van der Waals surface area contributed by atoms with Crippen LogP contribution in [-0.4, -0.2) is 49.8 Å². The lowest BCUT2D eigenvalue weighted by Gasteiger charge is -2.57. The summed E-state index contributed by atoms with van der Waals surface area (Å²) in [7, 11) is -7.52. The van der Waals surface area contributed by atoms with Gasteiger partial charge in [0.05, 0.1) is 0 Å². The van der Waals surface area contributed by atoms with Gasteiger partial charge in [-0.2, -0.15) is 0 Å². The van der Waals surface area contributed by atoms with Gasteiger partial charge in [-0.15, -0.1) is 0 Å². The molecule has 0 aromatic carbocycles. The lowest BCUT2D eigenvalue weighted by atomic mass is 11.9. The van der Waals surface area contributed by atoms with Crippen molar-refractivity contribution in [3.8, 4) is 0 Å². The minimum atomic E-state index is -1.07. The highest BCUT2D eigenvalue weighted by Crippen LogP contribution is 2.51. The standard InChI is InChI=1S/C14H42Si7/c1-15(2)16(3,4)18(7,8)20(11,12)21(13,14)19(9,10)17(15,5)6/h1-14H3. The molecule has 0 amide bonds. The predicted molar refractivity (Wildman–Crippen MR) is 122 cm³/mol. The molecule has 126 valence electrons. The van der Waals surface area contributed by atoms with E-state index in [0.717, 1.165) is 0 Å². The van der Waals surface area contributed by atoms with Crippen molar-refractivity contribution in [2.24, 2.45) is 0 Å². The van der Waals surface area contributed by atoms with Crippen molar-refractivity contribution >= 4 is 49.8 Å². The van der Waals surface area contributed by atoms with Crippen molar-refractivity contribution in [2.45, 2.75) is 91.7 Å². The maximum atomic E-state index is 2.88. The Morgan fingerprint density at radius 1 is 0.190 bits per heavy atom. The first-order chi connectivity index (χ1) is 8.75. The van der Waals surface area contributed by atoms with E-state index in [-0.39, 0.29) is 0 Å². The van der Waals surface area contributed by atoms with Crippen LogP contribution in [0.1, 0.15) is 0 Å². The molecular formula is C14H42Si7. The molecule has 7 heteroatoms. The monoisotopic (exact) mass is 406 g/mol. The van der Waals surface area contributed by atoms with Crippen molar-refractivity contribution in [3.63, 3.8) is 0 Å². The van der Waals surface area contributed by atoms with Crippen LogP contribution in [0.2, 0.25) is 91.7 Å². The van der Waals surface area contributed by atoms with Crippen LogP contribution in [0, 0.1) is 0 Å². The maximum absolute atomic E-state index is 2.88. The molecule has 1 aliphatic heterocycles. The molecule has 0 bridgehead atoms. The summed E-state index contributed by atoms with van der Waals surface area (Å²) in [5.74, 6) is 0. The van der Waals surface area contributed by atoms with Crippen LogP contribution in [0.15, 0.2) is 0 Å². The predicted octanol–water partition coefficient (Wildman–Crippen LogP) is 5.51. The highest BCUT2D eigenvalue weighted by Gasteiger charge is 2.75. The fourth-order valence-corrected chi connectivity index (χ4v) is 289. The summed E-state index contributed by atoms with van der Waals surface area (Å²) >= 11 is 0. The Bertz CT molecular complexity index is 298. The Morgan fingerprint density at radius 3 is 0.286 bits per heavy atom. The molecule has 0 aliphatic carbocycles. The summed E-state index contributed by atoms with van der Waals surface area (Å²) in [5.41, 5.74) is 0. The highest BCUT2D eigenvalue weighted by molar-refractivity contribution is 8.13. The minimum absolute atomic E-state index is 1.07. The van der Waals surface area contributed by atoms with Crippen LogP contribution in [0.3, 0.4) is 0 Å². The molecule has 0 N–H and O–H groups in total. The van der Waals surface area contributed by atoms with E-state index >= 15 is 0 Å².